The van der Waals surface area contributed by atoms with Crippen LogP contribution in [0.2, 0.25) is 0 Å². The van der Waals surface area contributed by atoms with Crippen LogP contribution in [0.4, 0.5) is 0 Å². The van der Waals surface area contributed by atoms with Gasteiger partial charge < -0.3 is 25.0 Å². The molecule has 0 bridgehead atoms. The van der Waals surface area contributed by atoms with Crippen molar-refractivity contribution >= 4 is 23.3 Å². The van der Waals surface area contributed by atoms with Gasteiger partial charge in [0, 0.05) is 27.9 Å². The van der Waals surface area contributed by atoms with Gasteiger partial charge in [-0.3, -0.25) is 0 Å². The number of nitrogens with zero attached hydrogens (tertiary/aromatic N) is 1. The Morgan fingerprint density at radius 3 is 2.17 bits per heavy atom. The Labute approximate surface area is 206 Å². The predicted octanol–water partition coefficient (Wildman–Crippen LogP) is 4.47. The third kappa shape index (κ3) is 4.50. The fourth-order valence-electron chi connectivity index (χ4n) is 4.16. The highest BCUT2D eigenvalue weighted by Crippen LogP contribution is 2.41. The van der Waals surface area contributed by atoms with Gasteiger partial charge in [0.15, 0.2) is 11.5 Å². The van der Waals surface area contributed by atoms with Crippen LogP contribution in [0.3, 0.4) is 0 Å². The van der Waals surface area contributed by atoms with Gasteiger partial charge in [0.1, 0.15) is 5.01 Å². The summed E-state index contributed by atoms with van der Waals surface area (Å²) in [6, 6.07) is 12.0. The zero-order chi connectivity index (χ0) is 25.3. The second-order valence-electron chi connectivity index (χ2n) is 7.99. The fraction of sp³-hybridized carbons (Fsp3) is 0.192. The second kappa shape index (κ2) is 9.63. The number of allylic oxidation sites excluding steroid dienone is 2. The first-order chi connectivity index (χ1) is 16.7. The number of thiazole rings is 1. The molecule has 0 spiro atoms. The number of carbonyl (C=O) groups excluding carboxylic acids is 2. The van der Waals surface area contributed by atoms with E-state index in [1.54, 1.807) is 19.9 Å². The van der Waals surface area contributed by atoms with E-state index in [2.05, 4.69) is 10.3 Å². The van der Waals surface area contributed by atoms with Crippen LogP contribution in [-0.2, 0) is 19.1 Å². The number of nitrogens with one attached hydrogen (secondary N) is 1. The number of ether oxygens (including phenoxy) is 2. The van der Waals surface area contributed by atoms with Crippen LogP contribution in [-0.4, -0.2) is 41.4 Å². The average Bonchev–Trinajstić information content (AvgIpc) is 3.35. The Morgan fingerprint density at radius 1 is 0.914 bits per heavy atom. The SMILES string of the molecule is COC(=O)C1=C(C)NC(C)=C(C(=O)OC)C1c1cccc(-c2nc(-c3ccc(O)c(O)c3)cs2)c1. The van der Waals surface area contributed by atoms with E-state index in [-0.39, 0.29) is 11.5 Å². The molecule has 2 heterocycles. The van der Waals surface area contributed by atoms with Gasteiger partial charge in [-0.2, -0.15) is 0 Å². The molecule has 0 amide bonds. The van der Waals surface area contributed by atoms with Gasteiger partial charge in [0.05, 0.1) is 37.0 Å². The largest absolute Gasteiger partial charge is 0.504 e. The van der Waals surface area contributed by atoms with Crippen LogP contribution in [0, 0.1) is 0 Å². The number of aromatic hydroxyl groups is 2. The topological polar surface area (TPSA) is 118 Å². The third-order valence-corrected chi connectivity index (χ3v) is 6.70. The maximum atomic E-state index is 12.7. The van der Waals surface area contributed by atoms with Gasteiger partial charge in [-0.1, -0.05) is 18.2 Å². The van der Waals surface area contributed by atoms with Crippen molar-refractivity contribution < 1.29 is 29.3 Å². The smallest absolute Gasteiger partial charge is 0.336 e. The van der Waals surface area contributed by atoms with E-state index in [1.807, 2.05) is 29.6 Å². The van der Waals surface area contributed by atoms with Crippen molar-refractivity contribution in [1.82, 2.24) is 10.3 Å². The molecule has 1 aliphatic heterocycles. The normalized spacial score (nSPS) is 14.1. The Bertz CT molecular complexity index is 1350. The van der Waals surface area contributed by atoms with E-state index < -0.39 is 17.9 Å². The number of phenols is 2. The van der Waals surface area contributed by atoms with Crippen molar-refractivity contribution in [2.75, 3.05) is 14.2 Å². The molecule has 0 radical (unpaired) electrons. The molecule has 180 valence electrons. The number of aromatic nitrogens is 1. The molecule has 0 atom stereocenters. The van der Waals surface area contributed by atoms with Crippen molar-refractivity contribution in [3.05, 3.63) is 75.9 Å². The molecule has 35 heavy (non-hydrogen) atoms. The Morgan fingerprint density at radius 2 is 1.57 bits per heavy atom. The molecular formula is C26H24N2O6S. The van der Waals surface area contributed by atoms with Gasteiger partial charge >= 0.3 is 11.9 Å². The van der Waals surface area contributed by atoms with Crippen LogP contribution >= 0.6 is 11.3 Å². The van der Waals surface area contributed by atoms with Crippen molar-refractivity contribution in [3.63, 3.8) is 0 Å². The molecule has 9 heteroatoms. The highest BCUT2D eigenvalue weighted by molar-refractivity contribution is 7.13. The van der Waals surface area contributed by atoms with E-state index >= 15 is 0 Å². The van der Waals surface area contributed by atoms with E-state index in [1.165, 1.54) is 37.7 Å². The van der Waals surface area contributed by atoms with E-state index in [4.69, 9.17) is 9.47 Å². The molecule has 3 N–H and O–H groups in total. The van der Waals surface area contributed by atoms with Gasteiger partial charge in [0.25, 0.3) is 0 Å². The zero-order valence-electron chi connectivity index (χ0n) is 19.6. The number of benzene rings is 2. The predicted molar refractivity (Wildman–Crippen MR) is 132 cm³/mol. The van der Waals surface area contributed by atoms with E-state index in [0.29, 0.717) is 44.4 Å². The summed E-state index contributed by atoms with van der Waals surface area (Å²) in [7, 11) is 2.61. The van der Waals surface area contributed by atoms with Gasteiger partial charge in [-0.25, -0.2) is 14.6 Å². The first-order valence-electron chi connectivity index (χ1n) is 10.7. The first kappa shape index (κ1) is 24.0. The molecule has 0 aliphatic carbocycles. The number of hydrogen-bond donors (Lipinski definition) is 3. The molecule has 2 aromatic carbocycles. The van der Waals surface area contributed by atoms with Gasteiger partial charge in [-0.15, -0.1) is 11.3 Å². The standard InChI is InChI=1S/C26H24N2O6S/c1-13-21(25(31)33-3)23(22(14(2)27-13)26(32)34-4)16-6-5-7-17(10-16)24-28-18(12-35-24)15-8-9-19(29)20(30)11-15/h5-12,23,27,29-30H,1-4H3. The molecule has 8 nitrogen and oxygen atoms in total. The summed E-state index contributed by atoms with van der Waals surface area (Å²) in [4.78, 5) is 30.2. The maximum Gasteiger partial charge on any atom is 0.336 e. The molecule has 0 saturated carbocycles. The van der Waals surface area contributed by atoms with E-state index in [0.717, 1.165) is 5.56 Å². The summed E-state index contributed by atoms with van der Waals surface area (Å²) in [6.45, 7) is 3.53. The first-order valence-corrected chi connectivity index (χ1v) is 11.6. The summed E-state index contributed by atoms with van der Waals surface area (Å²) in [5.41, 5.74) is 4.67. The third-order valence-electron chi connectivity index (χ3n) is 5.81. The molecule has 0 fully saturated rings. The number of esters is 2. The highest BCUT2D eigenvalue weighted by atomic mass is 32.1. The highest BCUT2D eigenvalue weighted by Gasteiger charge is 2.37. The van der Waals surface area contributed by atoms with Crippen molar-refractivity contribution in [2.24, 2.45) is 0 Å². The number of carbonyl (C=O) groups is 2. The number of dihydropyridines is 1. The molecule has 1 aromatic heterocycles. The molecular weight excluding hydrogens is 468 g/mol. The van der Waals surface area contributed by atoms with Crippen LogP contribution in [0.1, 0.15) is 25.3 Å². The average molecular weight is 493 g/mol. The summed E-state index contributed by atoms with van der Waals surface area (Å²) >= 11 is 1.41. The molecule has 1 aliphatic rings. The summed E-state index contributed by atoms with van der Waals surface area (Å²) in [5, 5.41) is 25.1. The quantitative estimate of drug-likeness (QED) is 0.353. The monoisotopic (exact) mass is 492 g/mol. The Balaban J connectivity index is 1.79. The molecule has 0 unspecified atom stereocenters. The fourth-order valence-corrected chi connectivity index (χ4v) is 4.99. The van der Waals surface area contributed by atoms with Crippen LogP contribution < -0.4 is 5.32 Å². The van der Waals surface area contributed by atoms with E-state index in [9.17, 15) is 19.8 Å². The van der Waals surface area contributed by atoms with Gasteiger partial charge in [0.2, 0.25) is 0 Å². The minimum Gasteiger partial charge on any atom is -0.504 e. The molecule has 3 aromatic rings. The second-order valence-corrected chi connectivity index (χ2v) is 8.84. The van der Waals surface area contributed by atoms with Crippen LogP contribution in [0.25, 0.3) is 21.8 Å². The summed E-state index contributed by atoms with van der Waals surface area (Å²) < 4.78 is 10.1. The number of rotatable bonds is 5. The molecule has 4 rings (SSSR count). The number of phenolic OH excluding ortho intramolecular Hbond substituents is 2. The number of hydrogen-bond acceptors (Lipinski definition) is 9. The van der Waals surface area contributed by atoms with Crippen molar-refractivity contribution in [3.8, 4) is 33.3 Å². The summed E-state index contributed by atoms with van der Waals surface area (Å²) in [5.74, 6) is -2.19. The number of methoxy groups -OCH3 is 2. The zero-order valence-corrected chi connectivity index (χ0v) is 20.4. The van der Waals surface area contributed by atoms with Crippen LogP contribution in [0.15, 0.2) is 70.4 Å². The lowest BCUT2D eigenvalue weighted by Gasteiger charge is -2.30. The van der Waals surface area contributed by atoms with Gasteiger partial charge in [-0.05, 0) is 43.7 Å². The van der Waals surface area contributed by atoms with Crippen LogP contribution in [0.5, 0.6) is 11.5 Å². The van der Waals surface area contributed by atoms with Crippen molar-refractivity contribution in [1.29, 1.82) is 0 Å². The Hall–Kier alpha value is -4.11. The summed E-state index contributed by atoms with van der Waals surface area (Å²) in [6.07, 6.45) is 0. The minimum absolute atomic E-state index is 0.201. The lowest BCUT2D eigenvalue weighted by molar-refractivity contribution is -0.137. The lowest BCUT2D eigenvalue weighted by atomic mass is 9.80. The maximum absolute atomic E-state index is 12.7. The lowest BCUT2D eigenvalue weighted by Crippen LogP contribution is -2.32. The minimum atomic E-state index is -0.690. The van der Waals surface area contributed by atoms with Crippen molar-refractivity contribution in [2.45, 2.75) is 19.8 Å². The molecule has 0 saturated heterocycles. The Kier molecular flexibility index (Phi) is 6.61.